The number of anilines is 1. The van der Waals surface area contributed by atoms with E-state index in [1.165, 1.54) is 17.4 Å². The van der Waals surface area contributed by atoms with Gasteiger partial charge in [-0.3, -0.25) is 10.1 Å². The van der Waals surface area contributed by atoms with Gasteiger partial charge < -0.3 is 4.42 Å². The van der Waals surface area contributed by atoms with Crippen molar-refractivity contribution in [1.82, 2.24) is 4.98 Å². The first-order valence-corrected chi connectivity index (χ1v) is 11.5. The van der Waals surface area contributed by atoms with Crippen LogP contribution in [-0.4, -0.2) is 10.9 Å². The average molecular weight is 515 g/mol. The Bertz CT molecular complexity index is 1400. The summed E-state index contributed by atoms with van der Waals surface area (Å²) in [5.41, 5.74) is 1.45. The van der Waals surface area contributed by atoms with Crippen molar-refractivity contribution >= 4 is 63.3 Å². The summed E-state index contributed by atoms with van der Waals surface area (Å²) in [5.74, 6) is 0.205. The van der Waals surface area contributed by atoms with Gasteiger partial charge in [0.25, 0.3) is 5.91 Å². The molecule has 0 spiro atoms. The lowest BCUT2D eigenvalue weighted by Crippen LogP contribution is -2.13. The molecular weight excluding hydrogens is 501 g/mol. The second-order valence-corrected chi connectivity index (χ2v) is 9.22. The molecule has 0 radical (unpaired) electrons. The van der Waals surface area contributed by atoms with Crippen LogP contribution in [0.2, 0.25) is 15.1 Å². The van der Waals surface area contributed by atoms with Gasteiger partial charge in [-0.1, -0.05) is 53.0 Å². The maximum absolute atomic E-state index is 12.6. The third-order valence-corrected chi connectivity index (χ3v) is 6.42. The van der Waals surface area contributed by atoms with E-state index in [0.717, 1.165) is 10.4 Å². The van der Waals surface area contributed by atoms with Crippen molar-refractivity contribution in [3.63, 3.8) is 0 Å². The Balaban J connectivity index is 1.48. The van der Waals surface area contributed by atoms with Crippen LogP contribution in [0.4, 0.5) is 5.13 Å². The number of hydrogen-bond acceptors (Lipinski definition) is 5. The highest BCUT2D eigenvalue weighted by molar-refractivity contribution is 7.15. The standard InChI is InChI=1S/C24H14Cl3N3O2S/c25-16-5-7-21(27)19(11-16)22-8-6-17(32-22)9-15(12-28)23(31)30-24-29-13-18(33-24)10-14-3-1-2-4-20(14)26/h1-9,11,13H,10H2,(H,29,30,31)/b15-9+. The second kappa shape index (κ2) is 10.2. The molecule has 0 aliphatic carbocycles. The molecule has 0 atom stereocenters. The Kier molecular flexibility index (Phi) is 7.17. The molecular formula is C24H14Cl3N3O2S. The van der Waals surface area contributed by atoms with Gasteiger partial charge in [-0.15, -0.1) is 11.3 Å². The number of thiazole rings is 1. The maximum atomic E-state index is 12.6. The minimum Gasteiger partial charge on any atom is -0.457 e. The fourth-order valence-electron chi connectivity index (χ4n) is 2.99. The highest BCUT2D eigenvalue weighted by Crippen LogP contribution is 2.32. The van der Waals surface area contributed by atoms with E-state index >= 15 is 0 Å². The largest absolute Gasteiger partial charge is 0.457 e. The van der Waals surface area contributed by atoms with Crippen LogP contribution in [0.25, 0.3) is 17.4 Å². The monoisotopic (exact) mass is 513 g/mol. The number of carbonyl (C=O) groups excluding carboxylic acids is 1. The summed E-state index contributed by atoms with van der Waals surface area (Å²) < 4.78 is 5.74. The predicted octanol–water partition coefficient (Wildman–Crippen LogP) is 7.50. The molecule has 1 N–H and O–H groups in total. The fourth-order valence-corrected chi connectivity index (χ4v) is 4.41. The third kappa shape index (κ3) is 5.65. The minimum atomic E-state index is -0.588. The molecule has 0 bridgehead atoms. The maximum Gasteiger partial charge on any atom is 0.268 e. The van der Waals surface area contributed by atoms with Crippen LogP contribution in [0.5, 0.6) is 0 Å². The van der Waals surface area contributed by atoms with E-state index in [-0.39, 0.29) is 5.57 Å². The number of nitrogens with zero attached hydrogens (tertiary/aromatic N) is 2. The summed E-state index contributed by atoms with van der Waals surface area (Å²) in [5, 5.41) is 14.2. The van der Waals surface area contributed by atoms with E-state index in [1.54, 1.807) is 36.5 Å². The van der Waals surface area contributed by atoms with Gasteiger partial charge in [0.15, 0.2) is 5.13 Å². The number of nitriles is 1. The van der Waals surface area contributed by atoms with E-state index in [2.05, 4.69) is 10.3 Å². The van der Waals surface area contributed by atoms with Crippen molar-refractivity contribution in [2.24, 2.45) is 0 Å². The SMILES string of the molecule is N#C/C(=C\c1ccc(-c2cc(Cl)ccc2Cl)o1)C(=O)Nc1ncc(Cc2ccccc2Cl)s1. The highest BCUT2D eigenvalue weighted by Gasteiger charge is 2.15. The quantitative estimate of drug-likeness (QED) is 0.213. The van der Waals surface area contributed by atoms with Crippen LogP contribution in [0.3, 0.4) is 0 Å². The zero-order chi connectivity index (χ0) is 23.4. The normalized spacial score (nSPS) is 11.3. The lowest BCUT2D eigenvalue weighted by molar-refractivity contribution is -0.112. The Hall–Kier alpha value is -3.08. The molecule has 0 saturated carbocycles. The van der Waals surface area contributed by atoms with Crippen molar-refractivity contribution in [3.8, 4) is 17.4 Å². The third-order valence-electron chi connectivity index (χ3n) is 4.57. The predicted molar refractivity (Wildman–Crippen MR) is 133 cm³/mol. The van der Waals surface area contributed by atoms with Crippen molar-refractivity contribution in [2.75, 3.05) is 5.32 Å². The summed E-state index contributed by atoms with van der Waals surface area (Å²) in [6.45, 7) is 0. The molecule has 2 aromatic carbocycles. The molecule has 164 valence electrons. The number of rotatable bonds is 6. The molecule has 0 aliphatic rings. The van der Waals surface area contributed by atoms with Gasteiger partial charge in [0.05, 0.1) is 5.02 Å². The second-order valence-electron chi connectivity index (χ2n) is 6.85. The molecule has 4 rings (SSSR count). The zero-order valence-electron chi connectivity index (χ0n) is 16.8. The molecule has 0 unspecified atom stereocenters. The lowest BCUT2D eigenvalue weighted by atomic mass is 10.1. The smallest absolute Gasteiger partial charge is 0.268 e. The van der Waals surface area contributed by atoms with E-state index in [4.69, 9.17) is 39.2 Å². The highest BCUT2D eigenvalue weighted by atomic mass is 35.5. The zero-order valence-corrected chi connectivity index (χ0v) is 19.9. The van der Waals surface area contributed by atoms with Crippen molar-refractivity contribution in [3.05, 3.63) is 97.6 Å². The van der Waals surface area contributed by atoms with Gasteiger partial charge >= 0.3 is 0 Å². The van der Waals surface area contributed by atoms with Crippen LogP contribution in [0, 0.1) is 11.3 Å². The number of hydrogen-bond donors (Lipinski definition) is 1. The molecule has 33 heavy (non-hydrogen) atoms. The van der Waals surface area contributed by atoms with E-state index < -0.39 is 5.91 Å². The summed E-state index contributed by atoms with van der Waals surface area (Å²) >= 11 is 19.8. The van der Waals surface area contributed by atoms with Gasteiger partial charge in [0, 0.05) is 39.2 Å². The molecule has 5 nitrogen and oxygen atoms in total. The Labute approximate surface area is 208 Å². The molecule has 1 amide bonds. The van der Waals surface area contributed by atoms with Gasteiger partial charge in [-0.25, -0.2) is 4.98 Å². The molecule has 2 aromatic heterocycles. The number of amides is 1. The summed E-state index contributed by atoms with van der Waals surface area (Å²) in [6, 6.07) is 17.8. The number of furan rings is 1. The molecule has 4 aromatic rings. The Morgan fingerprint density at radius 1 is 1.12 bits per heavy atom. The van der Waals surface area contributed by atoms with Gasteiger partial charge in [-0.2, -0.15) is 5.26 Å². The fraction of sp³-hybridized carbons (Fsp3) is 0.0417. The van der Waals surface area contributed by atoms with Crippen molar-refractivity contribution in [1.29, 1.82) is 5.26 Å². The first-order valence-electron chi connectivity index (χ1n) is 9.59. The van der Waals surface area contributed by atoms with E-state index in [9.17, 15) is 10.1 Å². The number of nitrogens with one attached hydrogen (secondary N) is 1. The van der Waals surface area contributed by atoms with Crippen LogP contribution in [-0.2, 0) is 11.2 Å². The first-order chi connectivity index (χ1) is 15.9. The molecule has 0 aliphatic heterocycles. The van der Waals surface area contributed by atoms with Gasteiger partial charge in [0.1, 0.15) is 23.2 Å². The van der Waals surface area contributed by atoms with Crippen LogP contribution in [0.15, 0.2) is 70.8 Å². The number of aromatic nitrogens is 1. The van der Waals surface area contributed by atoms with Gasteiger partial charge in [-0.05, 0) is 42.0 Å². The van der Waals surface area contributed by atoms with Crippen LogP contribution in [0.1, 0.15) is 16.2 Å². The number of carbonyl (C=O) groups is 1. The van der Waals surface area contributed by atoms with Crippen molar-refractivity contribution < 1.29 is 9.21 Å². The van der Waals surface area contributed by atoms with Crippen LogP contribution >= 0.6 is 46.1 Å². The summed E-state index contributed by atoms with van der Waals surface area (Å²) in [4.78, 5) is 17.8. The van der Waals surface area contributed by atoms with E-state index in [1.807, 2.05) is 30.3 Å². The van der Waals surface area contributed by atoms with Gasteiger partial charge in [0.2, 0.25) is 0 Å². The van der Waals surface area contributed by atoms with E-state index in [0.29, 0.717) is 43.7 Å². The topological polar surface area (TPSA) is 78.9 Å². The molecule has 0 saturated heterocycles. The average Bonchev–Trinajstić information content (AvgIpc) is 3.44. The number of benzene rings is 2. The molecule has 2 heterocycles. The van der Waals surface area contributed by atoms with Crippen LogP contribution < -0.4 is 5.32 Å². The molecule has 9 heteroatoms. The summed E-state index contributed by atoms with van der Waals surface area (Å²) in [7, 11) is 0. The van der Waals surface area contributed by atoms with Crippen molar-refractivity contribution in [2.45, 2.75) is 6.42 Å². The lowest BCUT2D eigenvalue weighted by Gasteiger charge is -2.02. The molecule has 0 fully saturated rings. The Morgan fingerprint density at radius 2 is 1.94 bits per heavy atom. The first kappa shape index (κ1) is 23.1. The minimum absolute atomic E-state index is 0.129. The number of halogens is 3. The Morgan fingerprint density at radius 3 is 2.73 bits per heavy atom. The summed E-state index contributed by atoms with van der Waals surface area (Å²) in [6.07, 6.45) is 3.62.